The largest absolute Gasteiger partial charge is 0.368 e. The summed E-state index contributed by atoms with van der Waals surface area (Å²) in [6.45, 7) is 9.00. The van der Waals surface area contributed by atoms with E-state index in [9.17, 15) is 14.4 Å². The van der Waals surface area contributed by atoms with E-state index in [-0.39, 0.29) is 30.3 Å². The van der Waals surface area contributed by atoms with Crippen molar-refractivity contribution in [3.63, 3.8) is 0 Å². The molecule has 3 fully saturated rings. The summed E-state index contributed by atoms with van der Waals surface area (Å²) in [5.74, 6) is -1.44. The molecule has 4 N–H and O–H groups in total. The lowest BCUT2D eigenvalue weighted by molar-refractivity contribution is -0.129. The van der Waals surface area contributed by atoms with Crippen LogP contribution in [0.1, 0.15) is 42.6 Å². The Morgan fingerprint density at radius 2 is 2.12 bits per heavy atom. The number of ketones is 1. The minimum Gasteiger partial charge on any atom is -0.368 e. The summed E-state index contributed by atoms with van der Waals surface area (Å²) in [5, 5.41) is 6.27. The van der Waals surface area contributed by atoms with Gasteiger partial charge in [-0.1, -0.05) is 26.1 Å². The van der Waals surface area contributed by atoms with Gasteiger partial charge in [0.25, 0.3) is 0 Å². The van der Waals surface area contributed by atoms with E-state index in [1.165, 1.54) is 0 Å². The monoisotopic (exact) mass is 489 g/mol. The lowest BCUT2D eigenvalue weighted by Gasteiger charge is -2.39. The first kappa shape index (κ1) is 25.1. The highest BCUT2D eigenvalue weighted by Crippen LogP contribution is 2.49. The first-order chi connectivity index (χ1) is 16.1. The summed E-state index contributed by atoms with van der Waals surface area (Å²) < 4.78 is 7.59. The van der Waals surface area contributed by atoms with Crippen molar-refractivity contribution in [3.8, 4) is 0 Å². The highest BCUT2D eigenvalue weighted by atomic mass is 28.3. The Balaban J connectivity index is 1.61. The molecular formula is C24H39N5O4Si. The van der Waals surface area contributed by atoms with Crippen LogP contribution in [0.5, 0.6) is 0 Å². The lowest BCUT2D eigenvalue weighted by atomic mass is 9.67. The maximum Gasteiger partial charge on any atom is 0.238 e. The van der Waals surface area contributed by atoms with Crippen molar-refractivity contribution in [1.82, 2.24) is 20.2 Å². The van der Waals surface area contributed by atoms with Gasteiger partial charge in [-0.05, 0) is 50.1 Å². The number of aromatic nitrogens is 2. The smallest absolute Gasteiger partial charge is 0.238 e. The quantitative estimate of drug-likeness (QED) is 0.247. The topological polar surface area (TPSA) is 128 Å². The highest BCUT2D eigenvalue weighted by molar-refractivity contribution is 6.76. The van der Waals surface area contributed by atoms with Gasteiger partial charge in [0.05, 0.1) is 18.4 Å². The number of fused-ring (bicyclic) bond motifs is 1. The number of carbonyl (C=O) groups is 3. The van der Waals surface area contributed by atoms with Crippen molar-refractivity contribution in [2.45, 2.75) is 70.1 Å². The van der Waals surface area contributed by atoms with Crippen molar-refractivity contribution in [2.75, 3.05) is 19.7 Å². The number of nitrogens with one attached hydrogen (secondary N) is 2. The number of hydrogen-bond acceptors (Lipinski definition) is 6. The molecule has 1 aliphatic carbocycles. The number of nitrogens with two attached hydrogens (primary N) is 1. The molecule has 5 atom stereocenters. The number of ether oxygens (including phenoxy) is 1. The molecule has 0 radical (unpaired) electrons. The molecule has 4 rings (SSSR count). The second-order valence-electron chi connectivity index (χ2n) is 11.4. The molecule has 0 bridgehead atoms. The molecule has 9 nitrogen and oxygen atoms in total. The third-order valence-electron chi connectivity index (χ3n) is 8.05. The van der Waals surface area contributed by atoms with Crippen LogP contribution in [0.15, 0.2) is 12.5 Å². The Kier molecular flexibility index (Phi) is 7.30. The minimum absolute atomic E-state index is 0.00720. The Hall–Kier alpha value is -2.04. The number of primary amides is 1. The third-order valence-corrected chi connectivity index (χ3v) is 9.75. The molecule has 1 aromatic heterocycles. The van der Waals surface area contributed by atoms with Crippen LogP contribution in [0.4, 0.5) is 0 Å². The Morgan fingerprint density at radius 3 is 2.79 bits per heavy atom. The predicted molar refractivity (Wildman–Crippen MR) is 131 cm³/mol. The molecule has 34 heavy (non-hydrogen) atoms. The molecule has 0 spiro atoms. The fourth-order valence-corrected chi connectivity index (χ4v) is 6.89. The summed E-state index contributed by atoms with van der Waals surface area (Å²) in [6, 6.07) is 1.03. The number of Topliss-reactive ketones (excluding diaryl/α,β-unsaturated/α-hetero) is 1. The molecule has 1 saturated carbocycles. The molecule has 1 aromatic rings. The Labute approximate surface area is 202 Å². The van der Waals surface area contributed by atoms with E-state index in [1.54, 1.807) is 17.1 Å². The summed E-state index contributed by atoms with van der Waals surface area (Å²) >= 11 is 0. The maximum atomic E-state index is 14.1. The number of hydrogen-bond donors (Lipinski definition) is 3. The Morgan fingerprint density at radius 1 is 1.32 bits per heavy atom. The van der Waals surface area contributed by atoms with Crippen molar-refractivity contribution in [1.29, 1.82) is 0 Å². The van der Waals surface area contributed by atoms with Gasteiger partial charge >= 0.3 is 0 Å². The molecule has 3 unspecified atom stereocenters. The zero-order chi connectivity index (χ0) is 24.5. The standard InChI is InChI=1S/C24H39N5O4Si/c1-34(2,3)10-9-33-15-29-14-26-13-20(29)21(30)19(11-16-7-8-27-22(16)31)24(23(25)32)18-6-4-5-17(18)12-28-24/h13-14,16-19,28H,4-12,15H2,1-3H3,(H2,25,32)(H,27,31)/t16-,17?,18?,19-,24?/m1/s1. The van der Waals surface area contributed by atoms with Gasteiger partial charge in [-0.2, -0.15) is 0 Å². The fraction of sp³-hybridized carbons (Fsp3) is 0.750. The number of amides is 2. The zero-order valence-electron chi connectivity index (χ0n) is 20.6. The van der Waals surface area contributed by atoms with E-state index in [0.717, 1.165) is 25.3 Å². The second-order valence-corrected chi connectivity index (χ2v) is 17.1. The van der Waals surface area contributed by atoms with E-state index < -0.39 is 25.4 Å². The number of imidazole rings is 1. The van der Waals surface area contributed by atoms with E-state index in [1.807, 2.05) is 0 Å². The zero-order valence-corrected chi connectivity index (χ0v) is 21.6. The lowest BCUT2D eigenvalue weighted by Crippen LogP contribution is -2.63. The van der Waals surface area contributed by atoms with E-state index >= 15 is 0 Å². The average Bonchev–Trinajstić information content (AvgIpc) is 3.54. The van der Waals surface area contributed by atoms with E-state index in [4.69, 9.17) is 10.5 Å². The predicted octanol–water partition coefficient (Wildman–Crippen LogP) is 1.76. The normalized spacial score (nSPS) is 29.7. The van der Waals surface area contributed by atoms with Crippen LogP contribution in [0.2, 0.25) is 25.7 Å². The second kappa shape index (κ2) is 9.91. The molecule has 2 aliphatic heterocycles. The molecule has 2 amide bonds. The summed E-state index contributed by atoms with van der Waals surface area (Å²) in [4.78, 5) is 43.9. The van der Waals surface area contributed by atoms with Crippen LogP contribution in [0.3, 0.4) is 0 Å². The Bertz CT molecular complexity index is 929. The molecule has 2 saturated heterocycles. The van der Waals surface area contributed by atoms with Gasteiger partial charge in [0.15, 0.2) is 5.78 Å². The van der Waals surface area contributed by atoms with Crippen LogP contribution >= 0.6 is 0 Å². The SMILES string of the molecule is C[Si](C)(C)CCOCn1cncc1C(=O)[C@@H](C[C@H]1CCNC1=O)C1(C(N)=O)NCC2CCCC21. The maximum absolute atomic E-state index is 14.1. The van der Waals surface area contributed by atoms with Crippen LogP contribution in [0, 0.1) is 23.7 Å². The fourth-order valence-electron chi connectivity index (χ4n) is 6.14. The third kappa shape index (κ3) is 4.85. The van der Waals surface area contributed by atoms with Gasteiger partial charge in [0.2, 0.25) is 11.8 Å². The van der Waals surface area contributed by atoms with Gasteiger partial charge in [0.1, 0.15) is 18.0 Å². The number of rotatable bonds is 11. The number of carbonyl (C=O) groups excluding carboxylic acids is 3. The summed E-state index contributed by atoms with van der Waals surface area (Å²) in [7, 11) is -1.23. The van der Waals surface area contributed by atoms with Gasteiger partial charge in [-0.3, -0.25) is 14.4 Å². The molecular weight excluding hydrogens is 450 g/mol. The molecule has 0 aromatic carbocycles. The molecule has 3 heterocycles. The van der Waals surface area contributed by atoms with Crippen molar-refractivity contribution in [2.24, 2.45) is 29.4 Å². The van der Waals surface area contributed by atoms with Gasteiger partial charge in [0, 0.05) is 27.1 Å². The first-order valence-corrected chi connectivity index (χ1v) is 16.3. The van der Waals surface area contributed by atoms with Crippen LogP contribution in [-0.4, -0.2) is 60.5 Å². The van der Waals surface area contributed by atoms with Crippen LogP contribution in [0.25, 0.3) is 0 Å². The molecule has 3 aliphatic rings. The molecule has 10 heteroatoms. The van der Waals surface area contributed by atoms with Crippen molar-refractivity contribution in [3.05, 3.63) is 18.2 Å². The van der Waals surface area contributed by atoms with Gasteiger partial charge < -0.3 is 25.7 Å². The van der Waals surface area contributed by atoms with Gasteiger partial charge in [-0.25, -0.2) is 4.98 Å². The van der Waals surface area contributed by atoms with Crippen molar-refractivity contribution >= 4 is 25.7 Å². The number of nitrogens with zero attached hydrogens (tertiary/aromatic N) is 2. The molecule has 188 valence electrons. The van der Waals surface area contributed by atoms with Crippen molar-refractivity contribution < 1.29 is 19.1 Å². The van der Waals surface area contributed by atoms with E-state index in [0.29, 0.717) is 44.1 Å². The van der Waals surface area contributed by atoms with Crippen LogP contribution < -0.4 is 16.4 Å². The van der Waals surface area contributed by atoms with Gasteiger partial charge in [-0.15, -0.1) is 0 Å². The average molecular weight is 490 g/mol. The van der Waals surface area contributed by atoms with E-state index in [2.05, 4.69) is 35.3 Å². The summed E-state index contributed by atoms with van der Waals surface area (Å²) in [6.07, 6.45) is 7.01. The first-order valence-electron chi connectivity index (χ1n) is 12.6. The minimum atomic E-state index is -1.23. The summed E-state index contributed by atoms with van der Waals surface area (Å²) in [5.41, 5.74) is 5.33. The van der Waals surface area contributed by atoms with Crippen LogP contribution in [-0.2, 0) is 21.1 Å². The highest BCUT2D eigenvalue weighted by Gasteiger charge is 2.60.